The van der Waals surface area contributed by atoms with Crippen LogP contribution in [0.3, 0.4) is 0 Å². The molecule has 1 aromatic carbocycles. The summed E-state index contributed by atoms with van der Waals surface area (Å²) in [5.74, 6) is 0.523. The summed E-state index contributed by atoms with van der Waals surface area (Å²) in [6.07, 6.45) is 5.69. The third-order valence-corrected chi connectivity index (χ3v) is 4.20. The van der Waals surface area contributed by atoms with E-state index in [0.29, 0.717) is 6.54 Å². The summed E-state index contributed by atoms with van der Waals surface area (Å²) in [6.45, 7) is 1.55. The van der Waals surface area contributed by atoms with Crippen molar-refractivity contribution >= 4 is 11.6 Å². The monoisotopic (exact) mass is 259 g/mol. The van der Waals surface area contributed by atoms with Crippen LogP contribution in [-0.2, 0) is 9.53 Å². The van der Waals surface area contributed by atoms with Crippen LogP contribution in [-0.4, -0.2) is 25.2 Å². The van der Waals surface area contributed by atoms with E-state index in [4.69, 9.17) is 4.74 Å². The lowest BCUT2D eigenvalue weighted by molar-refractivity contribution is -0.125. The number of nitrogens with zero attached hydrogens (tertiary/aromatic N) is 1. The first-order valence-corrected chi connectivity index (χ1v) is 7.32. The van der Waals surface area contributed by atoms with Gasteiger partial charge in [-0.3, -0.25) is 4.79 Å². The Balaban J connectivity index is 1.75. The molecular formula is C16H21NO2. The third kappa shape index (κ3) is 2.81. The van der Waals surface area contributed by atoms with Crippen molar-refractivity contribution in [1.82, 2.24) is 0 Å². The first-order valence-electron chi connectivity index (χ1n) is 7.32. The second-order valence-electron chi connectivity index (χ2n) is 5.55. The average molecular weight is 259 g/mol. The normalized spacial score (nSPS) is 23.1. The first kappa shape index (κ1) is 12.7. The van der Waals surface area contributed by atoms with Crippen molar-refractivity contribution in [3.63, 3.8) is 0 Å². The standard InChI is InChI=1S/C16H21NO2/c18-16(13-6-4-7-13)17(12-15-10-5-11-19-15)14-8-2-1-3-9-14/h1-3,8-9,13,15H,4-7,10-12H2. The molecule has 3 rings (SSSR count). The number of hydrogen-bond donors (Lipinski definition) is 0. The molecule has 0 bridgehead atoms. The molecule has 0 spiro atoms. The molecule has 0 aromatic heterocycles. The number of carbonyl (C=O) groups excluding carboxylic acids is 1. The molecule has 3 nitrogen and oxygen atoms in total. The van der Waals surface area contributed by atoms with Gasteiger partial charge in [-0.15, -0.1) is 0 Å². The summed E-state index contributed by atoms with van der Waals surface area (Å²) in [5.41, 5.74) is 1.01. The van der Waals surface area contributed by atoms with Gasteiger partial charge in [0, 0.05) is 18.2 Å². The summed E-state index contributed by atoms with van der Waals surface area (Å²) in [4.78, 5) is 14.5. The molecule has 3 heteroatoms. The zero-order valence-corrected chi connectivity index (χ0v) is 11.3. The lowest BCUT2D eigenvalue weighted by atomic mass is 9.84. The highest BCUT2D eigenvalue weighted by molar-refractivity contribution is 5.95. The van der Waals surface area contributed by atoms with E-state index in [1.165, 1.54) is 6.42 Å². The quantitative estimate of drug-likeness (QED) is 0.832. The smallest absolute Gasteiger partial charge is 0.230 e. The predicted octanol–water partition coefficient (Wildman–Crippen LogP) is 3.00. The Morgan fingerprint density at radius 2 is 1.95 bits per heavy atom. The highest BCUT2D eigenvalue weighted by atomic mass is 16.5. The van der Waals surface area contributed by atoms with Gasteiger partial charge >= 0.3 is 0 Å². The van der Waals surface area contributed by atoms with Gasteiger partial charge in [-0.1, -0.05) is 24.6 Å². The molecule has 1 unspecified atom stereocenters. The number of carbonyl (C=O) groups is 1. The van der Waals surface area contributed by atoms with Gasteiger partial charge in [-0.25, -0.2) is 0 Å². The third-order valence-electron chi connectivity index (χ3n) is 4.20. The molecule has 1 aromatic rings. The van der Waals surface area contributed by atoms with E-state index in [0.717, 1.165) is 38.0 Å². The fourth-order valence-corrected chi connectivity index (χ4v) is 2.80. The van der Waals surface area contributed by atoms with Crippen molar-refractivity contribution in [1.29, 1.82) is 0 Å². The van der Waals surface area contributed by atoms with Crippen LogP contribution in [0, 0.1) is 5.92 Å². The number of amides is 1. The zero-order chi connectivity index (χ0) is 13.1. The number of hydrogen-bond acceptors (Lipinski definition) is 2. The highest BCUT2D eigenvalue weighted by Gasteiger charge is 2.32. The minimum Gasteiger partial charge on any atom is -0.376 e. The average Bonchev–Trinajstić information content (AvgIpc) is 2.87. The summed E-state index contributed by atoms with van der Waals surface area (Å²) >= 11 is 0. The van der Waals surface area contributed by atoms with Crippen LogP contribution < -0.4 is 4.90 Å². The molecule has 1 aliphatic heterocycles. The van der Waals surface area contributed by atoms with E-state index in [-0.39, 0.29) is 17.9 Å². The van der Waals surface area contributed by atoms with E-state index in [9.17, 15) is 4.79 Å². The maximum Gasteiger partial charge on any atom is 0.230 e. The molecule has 1 amide bonds. The van der Waals surface area contributed by atoms with Crippen LogP contribution in [0.25, 0.3) is 0 Å². The molecule has 19 heavy (non-hydrogen) atoms. The van der Waals surface area contributed by atoms with E-state index in [2.05, 4.69) is 0 Å². The number of benzene rings is 1. The Morgan fingerprint density at radius 1 is 1.16 bits per heavy atom. The topological polar surface area (TPSA) is 29.5 Å². The van der Waals surface area contributed by atoms with E-state index >= 15 is 0 Å². The maximum atomic E-state index is 12.6. The number of anilines is 1. The van der Waals surface area contributed by atoms with Crippen molar-refractivity contribution < 1.29 is 9.53 Å². The van der Waals surface area contributed by atoms with Gasteiger partial charge in [-0.2, -0.15) is 0 Å². The van der Waals surface area contributed by atoms with Crippen molar-refractivity contribution in [3.8, 4) is 0 Å². The molecule has 1 atom stereocenters. The Labute approximate surface area is 114 Å². The largest absolute Gasteiger partial charge is 0.376 e. The van der Waals surface area contributed by atoms with Gasteiger partial charge in [0.05, 0.1) is 12.6 Å². The minimum absolute atomic E-state index is 0.212. The van der Waals surface area contributed by atoms with Crippen LogP contribution in [0.5, 0.6) is 0 Å². The van der Waals surface area contributed by atoms with Crippen LogP contribution in [0.1, 0.15) is 32.1 Å². The summed E-state index contributed by atoms with van der Waals surface area (Å²) in [5, 5.41) is 0. The van der Waals surface area contributed by atoms with Gasteiger partial charge in [0.15, 0.2) is 0 Å². The molecule has 1 aliphatic carbocycles. The second kappa shape index (κ2) is 5.74. The van der Waals surface area contributed by atoms with Crippen LogP contribution in [0.4, 0.5) is 5.69 Å². The molecule has 1 saturated heterocycles. The van der Waals surface area contributed by atoms with Crippen molar-refractivity contribution in [3.05, 3.63) is 30.3 Å². The molecular weight excluding hydrogens is 238 g/mol. The summed E-state index contributed by atoms with van der Waals surface area (Å²) < 4.78 is 5.69. The van der Waals surface area contributed by atoms with Gasteiger partial charge in [0.25, 0.3) is 0 Å². The molecule has 2 fully saturated rings. The lowest BCUT2D eigenvalue weighted by Gasteiger charge is -2.33. The van der Waals surface area contributed by atoms with E-state index < -0.39 is 0 Å². The lowest BCUT2D eigenvalue weighted by Crippen LogP contribution is -2.43. The minimum atomic E-state index is 0.212. The Bertz CT molecular complexity index is 422. The molecule has 2 aliphatic rings. The molecule has 0 radical (unpaired) electrons. The predicted molar refractivity (Wildman–Crippen MR) is 75.1 cm³/mol. The summed E-state index contributed by atoms with van der Waals surface area (Å²) in [6, 6.07) is 10.0. The Morgan fingerprint density at radius 3 is 2.53 bits per heavy atom. The zero-order valence-electron chi connectivity index (χ0n) is 11.3. The van der Waals surface area contributed by atoms with E-state index in [1.54, 1.807) is 0 Å². The Kier molecular flexibility index (Phi) is 3.83. The van der Waals surface area contributed by atoms with Gasteiger partial charge in [0.1, 0.15) is 0 Å². The van der Waals surface area contributed by atoms with Gasteiger partial charge in [-0.05, 0) is 37.8 Å². The van der Waals surface area contributed by atoms with Crippen molar-refractivity contribution in [2.75, 3.05) is 18.1 Å². The Hall–Kier alpha value is -1.35. The number of ether oxygens (including phenoxy) is 1. The molecule has 102 valence electrons. The van der Waals surface area contributed by atoms with Crippen LogP contribution >= 0.6 is 0 Å². The fourth-order valence-electron chi connectivity index (χ4n) is 2.80. The van der Waals surface area contributed by atoms with Gasteiger partial charge < -0.3 is 9.64 Å². The summed E-state index contributed by atoms with van der Waals surface area (Å²) in [7, 11) is 0. The molecule has 1 saturated carbocycles. The van der Waals surface area contributed by atoms with Crippen molar-refractivity contribution in [2.45, 2.75) is 38.2 Å². The first-order chi connectivity index (χ1) is 9.34. The fraction of sp³-hybridized carbons (Fsp3) is 0.562. The number of rotatable bonds is 4. The van der Waals surface area contributed by atoms with Crippen LogP contribution in [0.2, 0.25) is 0 Å². The van der Waals surface area contributed by atoms with Crippen LogP contribution in [0.15, 0.2) is 30.3 Å². The molecule has 0 N–H and O–H groups in total. The van der Waals surface area contributed by atoms with Crippen molar-refractivity contribution in [2.24, 2.45) is 5.92 Å². The van der Waals surface area contributed by atoms with Gasteiger partial charge in [0.2, 0.25) is 5.91 Å². The second-order valence-corrected chi connectivity index (χ2v) is 5.55. The molecule has 1 heterocycles. The number of para-hydroxylation sites is 1. The highest BCUT2D eigenvalue weighted by Crippen LogP contribution is 2.31. The maximum absolute atomic E-state index is 12.6. The van der Waals surface area contributed by atoms with E-state index in [1.807, 2.05) is 35.2 Å². The SMILES string of the molecule is O=C(C1CCC1)N(CC1CCCO1)c1ccccc1.